The van der Waals surface area contributed by atoms with E-state index in [1.807, 2.05) is 45.0 Å². The Hall–Kier alpha value is -2.33. The molecule has 1 aromatic heterocycles. The van der Waals surface area contributed by atoms with Crippen molar-refractivity contribution >= 4 is 46.5 Å². The van der Waals surface area contributed by atoms with Crippen molar-refractivity contribution in [3.8, 4) is 0 Å². The van der Waals surface area contributed by atoms with Crippen molar-refractivity contribution < 1.29 is 9.47 Å². The molecule has 2 aromatic rings. The second-order valence-corrected chi connectivity index (χ2v) is 7.07. The van der Waals surface area contributed by atoms with Gasteiger partial charge in [-0.05, 0) is 56.8 Å². The van der Waals surface area contributed by atoms with Gasteiger partial charge in [-0.1, -0.05) is 17.7 Å². The number of hydrogen-bond donors (Lipinski definition) is 3. The van der Waals surface area contributed by atoms with E-state index in [-0.39, 0.29) is 6.54 Å². The molecule has 0 saturated carbocycles. The van der Waals surface area contributed by atoms with E-state index in [0.717, 1.165) is 17.0 Å². The molecule has 0 aliphatic rings. The van der Waals surface area contributed by atoms with Crippen molar-refractivity contribution in [1.82, 2.24) is 15.3 Å². The van der Waals surface area contributed by atoms with Gasteiger partial charge in [-0.2, -0.15) is 0 Å². The molecule has 1 aromatic carbocycles. The molecule has 0 saturated heterocycles. The van der Waals surface area contributed by atoms with Gasteiger partial charge in [0.15, 0.2) is 11.4 Å². The monoisotopic (exact) mass is 436 g/mol. The molecule has 0 aliphatic carbocycles. The molecular weight excluding hydrogens is 412 g/mol. The number of benzene rings is 1. The van der Waals surface area contributed by atoms with Crippen LogP contribution >= 0.6 is 23.8 Å². The van der Waals surface area contributed by atoms with Gasteiger partial charge < -0.3 is 20.1 Å². The highest BCUT2D eigenvalue weighted by Crippen LogP contribution is 2.22. The number of halogens is 1. The summed E-state index contributed by atoms with van der Waals surface area (Å²) in [6, 6.07) is 7.53. The molecule has 0 spiro atoms. The number of nitrogens with zero attached hydrogens (tertiary/aromatic N) is 3. The first-order valence-corrected chi connectivity index (χ1v) is 9.63. The van der Waals surface area contributed by atoms with Gasteiger partial charge in [0.1, 0.15) is 0 Å². The highest BCUT2D eigenvalue weighted by Gasteiger charge is 2.10. The number of ether oxygens (including phenoxy) is 2. The number of guanidine groups is 1. The molecule has 2 rings (SSSR count). The van der Waals surface area contributed by atoms with Crippen LogP contribution in [0.2, 0.25) is 5.02 Å². The summed E-state index contributed by atoms with van der Waals surface area (Å²) in [5.74, 6) is 0.742. The maximum atomic E-state index is 6.27. The lowest BCUT2D eigenvalue weighted by molar-refractivity contribution is -0.0937. The Morgan fingerprint density at radius 2 is 1.76 bits per heavy atom. The number of thiocarbonyl (C=S) groups is 1. The first-order chi connectivity index (χ1) is 13.8. The normalized spacial score (nSPS) is 11.5. The molecule has 0 aliphatic heterocycles. The highest BCUT2D eigenvalue weighted by atomic mass is 35.5. The first kappa shape index (κ1) is 23.0. The van der Waals surface area contributed by atoms with E-state index in [2.05, 4.69) is 30.9 Å². The van der Waals surface area contributed by atoms with Crippen LogP contribution in [-0.2, 0) is 9.47 Å². The number of anilines is 2. The van der Waals surface area contributed by atoms with Gasteiger partial charge in [0.05, 0.1) is 17.3 Å². The minimum atomic E-state index is -0.498. The third-order valence-corrected chi connectivity index (χ3v) is 4.26. The Morgan fingerprint density at radius 3 is 2.34 bits per heavy atom. The predicted molar refractivity (Wildman–Crippen MR) is 121 cm³/mol. The lowest BCUT2D eigenvalue weighted by Crippen LogP contribution is -2.40. The Bertz CT molecular complexity index is 869. The molecule has 0 radical (unpaired) electrons. The maximum absolute atomic E-state index is 6.27. The summed E-state index contributed by atoms with van der Waals surface area (Å²) in [7, 11) is 3.09. The minimum absolute atomic E-state index is 0.237. The molecule has 29 heavy (non-hydrogen) atoms. The Morgan fingerprint density at radius 1 is 1.10 bits per heavy atom. The van der Waals surface area contributed by atoms with Crippen LogP contribution < -0.4 is 16.0 Å². The SMILES string of the molecule is COC(CN=C(NC(=S)Nc1ccc(C)cc1Cl)Nc1nc(C)cc(C)n1)OC. The van der Waals surface area contributed by atoms with Gasteiger partial charge in [0.25, 0.3) is 0 Å². The minimum Gasteiger partial charge on any atom is -0.354 e. The lowest BCUT2D eigenvalue weighted by Gasteiger charge is -2.16. The quantitative estimate of drug-likeness (QED) is 0.274. The third-order valence-electron chi connectivity index (χ3n) is 3.74. The molecule has 0 bridgehead atoms. The second-order valence-electron chi connectivity index (χ2n) is 6.25. The smallest absolute Gasteiger partial charge is 0.229 e. The highest BCUT2D eigenvalue weighted by molar-refractivity contribution is 7.80. The summed E-state index contributed by atoms with van der Waals surface area (Å²) in [4.78, 5) is 13.2. The zero-order valence-corrected chi connectivity index (χ0v) is 18.6. The van der Waals surface area contributed by atoms with Gasteiger partial charge in [0, 0.05) is 25.6 Å². The number of methoxy groups -OCH3 is 2. The van der Waals surface area contributed by atoms with Crippen LogP contribution in [-0.4, -0.2) is 48.1 Å². The van der Waals surface area contributed by atoms with Gasteiger partial charge in [-0.3, -0.25) is 5.32 Å². The van der Waals surface area contributed by atoms with E-state index in [1.54, 1.807) is 14.2 Å². The van der Waals surface area contributed by atoms with E-state index < -0.39 is 6.29 Å². The fourth-order valence-electron chi connectivity index (χ4n) is 2.39. The molecular formula is C19H25ClN6O2S. The van der Waals surface area contributed by atoms with E-state index in [9.17, 15) is 0 Å². The lowest BCUT2D eigenvalue weighted by atomic mass is 10.2. The van der Waals surface area contributed by atoms with Crippen LogP contribution in [0.5, 0.6) is 0 Å². The Kier molecular flexibility index (Phi) is 8.71. The number of rotatable bonds is 6. The van der Waals surface area contributed by atoms with Crippen molar-refractivity contribution in [2.75, 3.05) is 31.4 Å². The van der Waals surface area contributed by atoms with Crippen LogP contribution in [0, 0.1) is 20.8 Å². The van der Waals surface area contributed by atoms with Crippen LogP contribution in [0.4, 0.5) is 11.6 Å². The Balaban J connectivity index is 2.17. The zero-order chi connectivity index (χ0) is 21.4. The summed E-state index contributed by atoms with van der Waals surface area (Å²) >= 11 is 11.7. The van der Waals surface area contributed by atoms with E-state index in [4.69, 9.17) is 33.3 Å². The second kappa shape index (κ2) is 11.0. The molecule has 0 amide bonds. The van der Waals surface area contributed by atoms with Crippen LogP contribution in [0.1, 0.15) is 17.0 Å². The summed E-state index contributed by atoms with van der Waals surface area (Å²) in [6.45, 7) is 5.98. The summed E-state index contributed by atoms with van der Waals surface area (Å²) in [5.41, 5.74) is 3.40. The molecule has 0 fully saturated rings. The predicted octanol–water partition coefficient (Wildman–Crippen LogP) is 3.43. The molecule has 0 unspecified atom stereocenters. The van der Waals surface area contributed by atoms with E-state index in [0.29, 0.717) is 27.7 Å². The standard InChI is InChI=1S/C19H25ClN6O2S/c1-11-6-7-15(14(20)8-11)24-19(29)26-17(21-10-16(27-4)28-5)25-18-22-12(2)9-13(3)23-18/h6-9,16H,10H2,1-5H3,(H3,21,22,23,24,25,26,29). The van der Waals surface area contributed by atoms with Gasteiger partial charge in [0.2, 0.25) is 11.9 Å². The largest absolute Gasteiger partial charge is 0.354 e. The van der Waals surface area contributed by atoms with Crippen molar-refractivity contribution in [1.29, 1.82) is 0 Å². The average molecular weight is 437 g/mol. The topological polar surface area (TPSA) is 92.7 Å². The van der Waals surface area contributed by atoms with Crippen LogP contribution in [0.3, 0.4) is 0 Å². The van der Waals surface area contributed by atoms with E-state index in [1.165, 1.54) is 0 Å². The summed E-state index contributed by atoms with van der Waals surface area (Å²) in [6.07, 6.45) is -0.498. The van der Waals surface area contributed by atoms with Crippen LogP contribution in [0.15, 0.2) is 29.3 Å². The molecule has 1 heterocycles. The van der Waals surface area contributed by atoms with E-state index >= 15 is 0 Å². The number of aromatic nitrogens is 2. The van der Waals surface area contributed by atoms with Gasteiger partial charge in [-0.15, -0.1) is 0 Å². The Labute approximate surface area is 181 Å². The number of aryl methyl sites for hydroxylation is 3. The zero-order valence-electron chi connectivity index (χ0n) is 17.0. The molecule has 0 atom stereocenters. The first-order valence-electron chi connectivity index (χ1n) is 8.84. The molecule has 10 heteroatoms. The third kappa shape index (κ3) is 7.54. The van der Waals surface area contributed by atoms with Crippen molar-refractivity contribution in [2.24, 2.45) is 4.99 Å². The molecule has 3 N–H and O–H groups in total. The fraction of sp³-hybridized carbons (Fsp3) is 0.368. The number of hydrogen-bond acceptors (Lipinski definition) is 6. The maximum Gasteiger partial charge on any atom is 0.229 e. The van der Waals surface area contributed by atoms with Crippen LogP contribution in [0.25, 0.3) is 0 Å². The van der Waals surface area contributed by atoms with Crippen molar-refractivity contribution in [3.63, 3.8) is 0 Å². The molecule has 156 valence electrons. The van der Waals surface area contributed by atoms with Gasteiger partial charge in [-0.25, -0.2) is 15.0 Å². The number of aliphatic imine (C=N–C) groups is 1. The summed E-state index contributed by atoms with van der Waals surface area (Å²) < 4.78 is 10.4. The average Bonchev–Trinajstić information content (AvgIpc) is 2.64. The van der Waals surface area contributed by atoms with Crippen molar-refractivity contribution in [2.45, 2.75) is 27.1 Å². The molecule has 8 nitrogen and oxygen atoms in total. The van der Waals surface area contributed by atoms with Gasteiger partial charge >= 0.3 is 0 Å². The summed E-state index contributed by atoms with van der Waals surface area (Å²) in [5, 5.41) is 9.98. The fourth-order valence-corrected chi connectivity index (χ4v) is 2.88. The van der Waals surface area contributed by atoms with Crippen molar-refractivity contribution in [3.05, 3.63) is 46.2 Å². The number of nitrogens with one attached hydrogen (secondary N) is 3.